The van der Waals surface area contributed by atoms with E-state index in [0.29, 0.717) is 11.3 Å². The van der Waals surface area contributed by atoms with Crippen LogP contribution in [0.25, 0.3) is 0 Å². The van der Waals surface area contributed by atoms with Crippen molar-refractivity contribution >= 4 is 12.4 Å². The third-order valence-corrected chi connectivity index (χ3v) is 2.82. The summed E-state index contributed by atoms with van der Waals surface area (Å²) < 4.78 is 5.16. The molecule has 0 aliphatic carbocycles. The van der Waals surface area contributed by atoms with Gasteiger partial charge in [0, 0.05) is 0 Å². The van der Waals surface area contributed by atoms with Gasteiger partial charge in [-0.25, -0.2) is 0 Å². The maximum absolute atomic E-state index is 10.2. The molecule has 0 radical (unpaired) electrons. The summed E-state index contributed by atoms with van der Waals surface area (Å²) in [6.45, 7) is 5.68. The first-order valence-corrected chi connectivity index (χ1v) is 5.58. The number of hydrogen-bond acceptors (Lipinski definition) is 4. The van der Waals surface area contributed by atoms with E-state index in [1.807, 2.05) is 20.8 Å². The van der Waals surface area contributed by atoms with Crippen molar-refractivity contribution in [3.05, 3.63) is 23.8 Å². The molecule has 0 bridgehead atoms. The fourth-order valence-corrected chi connectivity index (χ4v) is 1.74. The first kappa shape index (κ1) is 17.0. The number of methoxy groups -OCH3 is 1. The topological polar surface area (TPSA) is 75.7 Å². The van der Waals surface area contributed by atoms with Crippen LogP contribution in [-0.2, 0) is 0 Å². The van der Waals surface area contributed by atoms with Crippen molar-refractivity contribution in [3.63, 3.8) is 0 Å². The van der Waals surface area contributed by atoms with E-state index in [4.69, 9.17) is 10.5 Å². The van der Waals surface area contributed by atoms with E-state index in [9.17, 15) is 10.2 Å². The van der Waals surface area contributed by atoms with E-state index in [2.05, 4.69) is 0 Å². The average molecular weight is 276 g/mol. The predicted octanol–water partition coefficient (Wildman–Crippen LogP) is 2.23. The summed E-state index contributed by atoms with van der Waals surface area (Å²) in [5, 5.41) is 20.0. The normalized spacial score (nSPS) is 14.6. The number of halogens is 1. The Bertz CT molecular complexity index is 390. The van der Waals surface area contributed by atoms with Gasteiger partial charge in [0.1, 0.15) is 11.5 Å². The van der Waals surface area contributed by atoms with Gasteiger partial charge in [0.15, 0.2) is 0 Å². The van der Waals surface area contributed by atoms with Gasteiger partial charge in [0.05, 0.1) is 24.8 Å². The molecule has 0 spiro atoms. The van der Waals surface area contributed by atoms with Crippen molar-refractivity contribution in [3.8, 4) is 11.5 Å². The Morgan fingerprint density at radius 1 is 1.28 bits per heavy atom. The molecular formula is C13H22ClNO3. The van der Waals surface area contributed by atoms with Crippen LogP contribution in [0, 0.1) is 5.41 Å². The van der Waals surface area contributed by atoms with E-state index >= 15 is 0 Å². The van der Waals surface area contributed by atoms with Crippen LogP contribution >= 0.6 is 12.4 Å². The monoisotopic (exact) mass is 275 g/mol. The number of rotatable bonds is 3. The van der Waals surface area contributed by atoms with E-state index < -0.39 is 12.1 Å². The summed E-state index contributed by atoms with van der Waals surface area (Å²) in [5.41, 5.74) is 6.09. The Labute approximate surface area is 114 Å². The molecule has 0 aliphatic heterocycles. The quantitative estimate of drug-likeness (QED) is 0.791. The number of ether oxygens (including phenoxy) is 1. The molecule has 1 rings (SSSR count). The maximum atomic E-state index is 10.2. The molecule has 0 heterocycles. The highest BCUT2D eigenvalue weighted by Gasteiger charge is 2.32. The van der Waals surface area contributed by atoms with Crippen LogP contribution < -0.4 is 10.5 Å². The van der Waals surface area contributed by atoms with Crippen LogP contribution in [0.4, 0.5) is 0 Å². The second-order valence-electron chi connectivity index (χ2n) is 5.23. The van der Waals surface area contributed by atoms with Gasteiger partial charge in [-0.05, 0) is 17.5 Å². The smallest absolute Gasteiger partial charge is 0.127 e. The fraction of sp³-hybridized carbons (Fsp3) is 0.538. The van der Waals surface area contributed by atoms with Gasteiger partial charge in [-0.2, -0.15) is 0 Å². The summed E-state index contributed by atoms with van der Waals surface area (Å²) in [5.74, 6) is 0.529. The molecule has 0 saturated carbocycles. The summed E-state index contributed by atoms with van der Waals surface area (Å²) in [4.78, 5) is 0. The minimum atomic E-state index is -0.773. The van der Waals surface area contributed by atoms with Gasteiger partial charge < -0.3 is 20.7 Å². The molecule has 18 heavy (non-hydrogen) atoms. The van der Waals surface area contributed by atoms with Crippen molar-refractivity contribution in [2.45, 2.75) is 32.9 Å². The fourth-order valence-electron chi connectivity index (χ4n) is 1.74. The van der Waals surface area contributed by atoms with Crippen LogP contribution in [-0.4, -0.2) is 23.4 Å². The summed E-state index contributed by atoms with van der Waals surface area (Å²) >= 11 is 0. The second-order valence-corrected chi connectivity index (χ2v) is 5.23. The minimum absolute atomic E-state index is 0. The zero-order valence-electron chi connectivity index (χ0n) is 11.2. The van der Waals surface area contributed by atoms with Crippen molar-refractivity contribution < 1.29 is 14.9 Å². The highest BCUT2D eigenvalue weighted by Crippen LogP contribution is 2.37. The lowest BCUT2D eigenvalue weighted by atomic mass is 9.82. The molecule has 2 atom stereocenters. The number of phenols is 1. The number of nitrogens with two attached hydrogens (primary N) is 1. The Kier molecular flexibility index (Phi) is 5.93. The Balaban J connectivity index is 0.00000289. The Morgan fingerprint density at radius 3 is 2.28 bits per heavy atom. The van der Waals surface area contributed by atoms with E-state index in [1.165, 1.54) is 13.2 Å². The standard InChI is InChI=1S/C13H21NO3.ClH/c1-13(2,3)12(16)11(14)10-8(15)6-5-7-9(10)17-4;/h5-7,11-12,15-16H,14H2,1-4H3;1H/t11-,12-;/m0./s1. The van der Waals surface area contributed by atoms with Gasteiger partial charge in [-0.3, -0.25) is 0 Å². The lowest BCUT2D eigenvalue weighted by Gasteiger charge is -2.31. The second kappa shape index (κ2) is 6.27. The number of aromatic hydroxyl groups is 1. The van der Waals surface area contributed by atoms with E-state index in [0.717, 1.165) is 0 Å². The average Bonchev–Trinajstić information content (AvgIpc) is 2.25. The molecule has 4 N–H and O–H groups in total. The van der Waals surface area contributed by atoms with Crippen LogP contribution in [0.5, 0.6) is 11.5 Å². The third-order valence-electron chi connectivity index (χ3n) is 2.82. The number of aliphatic hydroxyl groups is 1. The number of hydrogen-bond donors (Lipinski definition) is 3. The highest BCUT2D eigenvalue weighted by molar-refractivity contribution is 5.85. The Morgan fingerprint density at radius 2 is 1.83 bits per heavy atom. The summed E-state index contributed by atoms with van der Waals surface area (Å²) in [6, 6.07) is 4.23. The zero-order valence-corrected chi connectivity index (χ0v) is 12.0. The van der Waals surface area contributed by atoms with Gasteiger partial charge in [-0.1, -0.05) is 26.8 Å². The largest absolute Gasteiger partial charge is 0.507 e. The lowest BCUT2D eigenvalue weighted by molar-refractivity contribution is 0.0388. The van der Waals surface area contributed by atoms with Crippen LogP contribution in [0.1, 0.15) is 32.4 Å². The molecule has 4 nitrogen and oxygen atoms in total. The van der Waals surface area contributed by atoms with Crippen LogP contribution in [0.3, 0.4) is 0 Å². The van der Waals surface area contributed by atoms with Gasteiger partial charge in [0.2, 0.25) is 0 Å². The summed E-state index contributed by atoms with van der Waals surface area (Å²) in [6.07, 6.45) is -0.773. The molecule has 0 unspecified atom stereocenters. The molecule has 0 aromatic heterocycles. The highest BCUT2D eigenvalue weighted by atomic mass is 35.5. The van der Waals surface area contributed by atoms with Gasteiger partial charge in [0.25, 0.3) is 0 Å². The number of phenolic OH excluding ortho intramolecular Hbond substituents is 1. The maximum Gasteiger partial charge on any atom is 0.127 e. The molecule has 0 aliphatic rings. The predicted molar refractivity (Wildman–Crippen MR) is 74.3 cm³/mol. The van der Waals surface area contributed by atoms with Crippen LogP contribution in [0.2, 0.25) is 0 Å². The first-order valence-electron chi connectivity index (χ1n) is 5.58. The summed E-state index contributed by atoms with van der Waals surface area (Å²) in [7, 11) is 1.51. The van der Waals surface area contributed by atoms with E-state index in [-0.39, 0.29) is 23.6 Å². The Hall–Kier alpha value is -0.970. The first-order chi connectivity index (χ1) is 7.79. The molecule has 5 heteroatoms. The SMILES string of the molecule is COc1cccc(O)c1[C@H](N)[C@H](O)C(C)(C)C.Cl. The molecular weight excluding hydrogens is 254 g/mol. The van der Waals surface area contributed by atoms with Gasteiger partial charge in [-0.15, -0.1) is 12.4 Å². The van der Waals surface area contributed by atoms with E-state index in [1.54, 1.807) is 12.1 Å². The van der Waals surface area contributed by atoms with Gasteiger partial charge >= 0.3 is 0 Å². The van der Waals surface area contributed by atoms with Crippen molar-refractivity contribution in [2.75, 3.05) is 7.11 Å². The lowest BCUT2D eigenvalue weighted by Crippen LogP contribution is -2.37. The molecule has 0 fully saturated rings. The molecule has 0 saturated heterocycles. The number of benzene rings is 1. The van der Waals surface area contributed by atoms with Crippen LogP contribution in [0.15, 0.2) is 18.2 Å². The molecule has 104 valence electrons. The number of aliphatic hydroxyl groups excluding tert-OH is 1. The zero-order chi connectivity index (χ0) is 13.2. The molecule has 0 amide bonds. The molecule has 1 aromatic carbocycles. The minimum Gasteiger partial charge on any atom is -0.507 e. The van der Waals surface area contributed by atoms with Crippen molar-refractivity contribution in [1.82, 2.24) is 0 Å². The third kappa shape index (κ3) is 3.51. The van der Waals surface area contributed by atoms with Crippen molar-refractivity contribution in [2.24, 2.45) is 11.1 Å². The molecule has 1 aromatic rings. The van der Waals surface area contributed by atoms with Crippen molar-refractivity contribution in [1.29, 1.82) is 0 Å².